The van der Waals surface area contributed by atoms with Crippen molar-refractivity contribution in [3.63, 3.8) is 0 Å². The maximum Gasteiger partial charge on any atom is 0.264 e. The Labute approximate surface area is 191 Å². The first kappa shape index (κ1) is 23.3. The third-order valence-electron chi connectivity index (χ3n) is 4.64. The van der Waals surface area contributed by atoms with E-state index >= 15 is 0 Å². The van der Waals surface area contributed by atoms with Crippen molar-refractivity contribution in [2.75, 3.05) is 31.7 Å². The van der Waals surface area contributed by atoms with Gasteiger partial charge >= 0.3 is 0 Å². The molecule has 0 radical (unpaired) electrons. The number of fused-ring (bicyclic) bond motifs is 1. The highest BCUT2D eigenvalue weighted by Crippen LogP contribution is 2.42. The van der Waals surface area contributed by atoms with Gasteiger partial charge in [-0.1, -0.05) is 41.6 Å². The van der Waals surface area contributed by atoms with E-state index in [1.807, 2.05) is 38.1 Å². The van der Waals surface area contributed by atoms with Gasteiger partial charge in [-0.25, -0.2) is 0 Å². The summed E-state index contributed by atoms with van der Waals surface area (Å²) in [6.45, 7) is 4.97. The zero-order valence-electron chi connectivity index (χ0n) is 17.7. The number of rotatable bonds is 8. The van der Waals surface area contributed by atoms with E-state index in [-0.39, 0.29) is 18.4 Å². The van der Waals surface area contributed by atoms with Gasteiger partial charge in [0.15, 0.2) is 6.29 Å². The number of hydrogen-bond donors (Lipinski definition) is 1. The van der Waals surface area contributed by atoms with E-state index in [1.54, 1.807) is 36.2 Å². The molecule has 0 bridgehead atoms. The average Bonchev–Trinajstić information content (AvgIpc) is 2.77. The zero-order chi connectivity index (χ0) is 22.4. The fourth-order valence-corrected chi connectivity index (χ4v) is 4.36. The van der Waals surface area contributed by atoms with Crippen LogP contribution >= 0.6 is 23.4 Å². The first-order chi connectivity index (χ1) is 14.9. The van der Waals surface area contributed by atoms with Crippen LogP contribution in [0.2, 0.25) is 5.02 Å². The first-order valence-corrected chi connectivity index (χ1v) is 11.2. The number of carbonyl (C=O) groups is 2. The molecule has 164 valence electrons. The molecule has 2 amide bonds. The summed E-state index contributed by atoms with van der Waals surface area (Å²) >= 11 is 7.60. The van der Waals surface area contributed by atoms with Gasteiger partial charge < -0.3 is 19.7 Å². The highest BCUT2D eigenvalue weighted by Gasteiger charge is 2.27. The molecule has 1 N–H and O–H groups in total. The van der Waals surface area contributed by atoms with Crippen LogP contribution < -0.4 is 10.2 Å². The minimum atomic E-state index is -0.492. The predicted octanol–water partition coefficient (Wildman–Crippen LogP) is 4.58. The maximum absolute atomic E-state index is 12.9. The summed E-state index contributed by atoms with van der Waals surface area (Å²) in [5.41, 5.74) is 1.93. The molecule has 1 aliphatic heterocycles. The topological polar surface area (TPSA) is 67.9 Å². The van der Waals surface area contributed by atoms with Crippen molar-refractivity contribution in [1.82, 2.24) is 5.32 Å². The van der Waals surface area contributed by atoms with Crippen LogP contribution in [-0.2, 0) is 14.3 Å². The Hall–Kier alpha value is -2.32. The summed E-state index contributed by atoms with van der Waals surface area (Å²) in [4.78, 5) is 28.5. The summed E-state index contributed by atoms with van der Waals surface area (Å²) < 4.78 is 10.9. The van der Waals surface area contributed by atoms with E-state index in [0.717, 1.165) is 10.5 Å². The maximum atomic E-state index is 12.9. The quantitative estimate of drug-likeness (QED) is 0.461. The predicted molar refractivity (Wildman–Crippen MR) is 125 cm³/mol. The molecule has 2 aromatic carbocycles. The third kappa shape index (κ3) is 5.68. The number of nitrogens with one attached hydrogen (secondary N) is 1. The van der Waals surface area contributed by atoms with Crippen LogP contribution in [0.3, 0.4) is 0 Å². The molecular weight excluding hydrogens is 436 g/mol. The van der Waals surface area contributed by atoms with Crippen molar-refractivity contribution < 1.29 is 19.1 Å². The number of nitrogens with zero attached hydrogens (tertiary/aromatic N) is 1. The van der Waals surface area contributed by atoms with Crippen LogP contribution in [-0.4, -0.2) is 44.9 Å². The summed E-state index contributed by atoms with van der Waals surface area (Å²) in [5.74, 6) is -0.404. The van der Waals surface area contributed by atoms with Gasteiger partial charge in [0.05, 0.1) is 17.1 Å². The van der Waals surface area contributed by atoms with Crippen molar-refractivity contribution in [2.45, 2.75) is 25.0 Å². The lowest BCUT2D eigenvalue weighted by atomic mass is 10.1. The third-order valence-corrected chi connectivity index (χ3v) is 6.07. The molecule has 0 unspecified atom stereocenters. The molecule has 8 heteroatoms. The minimum absolute atomic E-state index is 0.150. The number of anilines is 1. The number of halogens is 1. The van der Waals surface area contributed by atoms with Crippen LogP contribution in [0.25, 0.3) is 6.08 Å². The van der Waals surface area contributed by atoms with Crippen LogP contribution in [0, 0.1) is 0 Å². The van der Waals surface area contributed by atoms with Gasteiger partial charge in [0.2, 0.25) is 0 Å². The molecule has 0 saturated heterocycles. The van der Waals surface area contributed by atoms with Crippen LogP contribution in [0.5, 0.6) is 0 Å². The van der Waals surface area contributed by atoms with Crippen molar-refractivity contribution in [1.29, 1.82) is 0 Å². The van der Waals surface area contributed by atoms with Crippen molar-refractivity contribution in [2.24, 2.45) is 0 Å². The SMILES string of the molecule is CCOC(CNC(=O)c1ccc2c(c1)N(C)C(=O)/C(=C/c1ccccc1Cl)S2)OCC. The van der Waals surface area contributed by atoms with E-state index in [9.17, 15) is 9.59 Å². The Morgan fingerprint density at radius 1 is 1.19 bits per heavy atom. The van der Waals surface area contributed by atoms with E-state index < -0.39 is 6.29 Å². The zero-order valence-corrected chi connectivity index (χ0v) is 19.3. The molecule has 0 atom stereocenters. The molecule has 0 fully saturated rings. The molecule has 0 saturated carbocycles. The molecule has 0 spiro atoms. The summed E-state index contributed by atoms with van der Waals surface area (Å²) in [6.07, 6.45) is 1.30. The number of ether oxygens (including phenoxy) is 2. The number of hydrogen-bond acceptors (Lipinski definition) is 5. The van der Waals surface area contributed by atoms with Gasteiger partial charge in [0.1, 0.15) is 0 Å². The fraction of sp³-hybridized carbons (Fsp3) is 0.304. The Balaban J connectivity index is 1.77. The lowest BCUT2D eigenvalue weighted by Crippen LogP contribution is -2.35. The molecule has 0 aromatic heterocycles. The van der Waals surface area contributed by atoms with E-state index in [1.165, 1.54) is 11.8 Å². The molecule has 1 heterocycles. The highest BCUT2D eigenvalue weighted by molar-refractivity contribution is 8.04. The second-order valence-electron chi connectivity index (χ2n) is 6.73. The van der Waals surface area contributed by atoms with Crippen molar-refractivity contribution in [3.05, 3.63) is 63.5 Å². The smallest absolute Gasteiger partial charge is 0.264 e. The van der Waals surface area contributed by atoms with Gasteiger partial charge in [-0.2, -0.15) is 0 Å². The Kier molecular flexibility index (Phi) is 8.15. The van der Waals surface area contributed by atoms with E-state index in [2.05, 4.69) is 5.32 Å². The summed E-state index contributed by atoms with van der Waals surface area (Å²) in [5, 5.41) is 3.41. The van der Waals surface area contributed by atoms with E-state index in [4.69, 9.17) is 21.1 Å². The number of likely N-dealkylation sites (N-methyl/N-ethyl adjacent to an activating group) is 1. The molecule has 2 aromatic rings. The number of thioether (sulfide) groups is 1. The molecular formula is C23H25ClN2O4S. The Bertz CT molecular complexity index is 989. The lowest BCUT2D eigenvalue weighted by molar-refractivity contribution is -0.131. The first-order valence-electron chi connectivity index (χ1n) is 10.0. The standard InChI is InChI=1S/C23H25ClN2O4S/c1-4-29-21(30-5-2)14-25-22(27)16-10-11-19-18(12-16)26(3)23(28)20(31-19)13-15-8-6-7-9-17(15)24/h6-13,21H,4-5,14H2,1-3H3,(H,25,27)/b20-13-. The van der Waals surface area contributed by atoms with Crippen molar-refractivity contribution in [3.8, 4) is 0 Å². The van der Waals surface area contributed by atoms with E-state index in [0.29, 0.717) is 34.4 Å². The van der Waals surface area contributed by atoms with Gasteiger partial charge in [0.25, 0.3) is 11.8 Å². The molecule has 1 aliphatic rings. The molecule has 3 rings (SSSR count). The largest absolute Gasteiger partial charge is 0.351 e. The van der Waals surface area contributed by atoms with Gasteiger partial charge in [-0.3, -0.25) is 9.59 Å². The van der Waals surface area contributed by atoms with Crippen LogP contribution in [0.15, 0.2) is 52.3 Å². The highest BCUT2D eigenvalue weighted by atomic mass is 35.5. The Morgan fingerprint density at radius 3 is 2.58 bits per heavy atom. The molecule has 0 aliphatic carbocycles. The van der Waals surface area contributed by atoms with Crippen molar-refractivity contribution >= 4 is 46.9 Å². The summed E-state index contributed by atoms with van der Waals surface area (Å²) in [7, 11) is 1.70. The lowest BCUT2D eigenvalue weighted by Gasteiger charge is -2.27. The molecule has 6 nitrogen and oxygen atoms in total. The monoisotopic (exact) mass is 460 g/mol. The minimum Gasteiger partial charge on any atom is -0.351 e. The van der Waals surface area contributed by atoms with Gasteiger partial charge in [0, 0.05) is 35.7 Å². The fourth-order valence-electron chi connectivity index (χ4n) is 3.08. The second kappa shape index (κ2) is 10.8. The Morgan fingerprint density at radius 2 is 1.90 bits per heavy atom. The van der Waals surface area contributed by atoms with Crippen LogP contribution in [0.4, 0.5) is 5.69 Å². The second-order valence-corrected chi connectivity index (χ2v) is 8.22. The number of carbonyl (C=O) groups excluding carboxylic acids is 2. The normalized spacial score (nSPS) is 14.8. The van der Waals surface area contributed by atoms with Gasteiger partial charge in [-0.05, 0) is 49.8 Å². The average molecular weight is 461 g/mol. The summed E-state index contributed by atoms with van der Waals surface area (Å²) in [6, 6.07) is 12.7. The number of amides is 2. The molecule has 31 heavy (non-hydrogen) atoms. The van der Waals surface area contributed by atoms with Crippen LogP contribution in [0.1, 0.15) is 29.8 Å². The number of benzene rings is 2. The van der Waals surface area contributed by atoms with Gasteiger partial charge in [-0.15, -0.1) is 0 Å².